The average Bonchev–Trinajstić information content (AvgIpc) is 2.51. The summed E-state index contributed by atoms with van der Waals surface area (Å²) in [6, 6.07) is -0.376. The number of rotatable bonds is 0. The van der Waals surface area contributed by atoms with Crippen molar-refractivity contribution in [3.8, 4) is 0 Å². The average molecular weight is 182 g/mol. The van der Waals surface area contributed by atoms with E-state index in [0.29, 0.717) is 0 Å². The van der Waals surface area contributed by atoms with Gasteiger partial charge in [-0.3, -0.25) is 9.59 Å². The van der Waals surface area contributed by atoms with Crippen LogP contribution in [0.1, 0.15) is 32.6 Å². The molecule has 0 unspecified atom stereocenters. The van der Waals surface area contributed by atoms with Gasteiger partial charge in [0, 0.05) is 0 Å². The smallest absolute Gasteiger partial charge is 0.246 e. The molecule has 2 aliphatic rings. The van der Waals surface area contributed by atoms with E-state index in [2.05, 4.69) is 10.6 Å². The van der Waals surface area contributed by atoms with E-state index in [4.69, 9.17) is 0 Å². The van der Waals surface area contributed by atoms with Crippen molar-refractivity contribution in [2.75, 3.05) is 0 Å². The molecule has 72 valence electrons. The first-order chi connectivity index (χ1) is 6.14. The van der Waals surface area contributed by atoms with E-state index in [1.807, 2.05) is 0 Å². The molecule has 4 heteroatoms. The summed E-state index contributed by atoms with van der Waals surface area (Å²) < 4.78 is 0. The zero-order chi connectivity index (χ0) is 9.47. The topological polar surface area (TPSA) is 58.2 Å². The molecule has 4 nitrogen and oxygen atoms in total. The number of hydrogen-bond donors (Lipinski definition) is 2. The van der Waals surface area contributed by atoms with Gasteiger partial charge in [-0.1, -0.05) is 12.8 Å². The quantitative estimate of drug-likeness (QED) is 0.551. The summed E-state index contributed by atoms with van der Waals surface area (Å²) >= 11 is 0. The molecule has 1 spiro atoms. The molecule has 0 aromatic rings. The van der Waals surface area contributed by atoms with Gasteiger partial charge < -0.3 is 10.6 Å². The minimum atomic E-state index is -0.566. The number of nitrogens with one attached hydrogen (secondary N) is 2. The maximum Gasteiger partial charge on any atom is 0.246 e. The van der Waals surface area contributed by atoms with E-state index in [9.17, 15) is 9.59 Å². The first-order valence-electron chi connectivity index (χ1n) is 4.77. The highest BCUT2D eigenvalue weighted by Gasteiger charge is 2.46. The first kappa shape index (κ1) is 8.53. The summed E-state index contributed by atoms with van der Waals surface area (Å²) in [5.41, 5.74) is -0.566. The molecule has 1 saturated carbocycles. The second-order valence-electron chi connectivity index (χ2n) is 3.97. The van der Waals surface area contributed by atoms with E-state index < -0.39 is 5.54 Å². The predicted molar refractivity (Wildman–Crippen MR) is 46.9 cm³/mol. The molecule has 2 N–H and O–H groups in total. The van der Waals surface area contributed by atoms with Gasteiger partial charge in [0.1, 0.15) is 11.6 Å². The van der Waals surface area contributed by atoms with Crippen LogP contribution < -0.4 is 10.6 Å². The summed E-state index contributed by atoms with van der Waals surface area (Å²) in [7, 11) is 0. The molecule has 2 fully saturated rings. The largest absolute Gasteiger partial charge is 0.343 e. The van der Waals surface area contributed by atoms with Crippen molar-refractivity contribution in [2.45, 2.75) is 44.2 Å². The standard InChI is InChI=1S/C9H14N2O2/c1-6-7(12)11-9(8(13)10-6)4-2-3-5-9/h6H,2-5H2,1H3,(H,10,13)(H,11,12)/t6-/m1/s1. The van der Waals surface area contributed by atoms with Crippen LogP contribution in [-0.4, -0.2) is 23.4 Å². The van der Waals surface area contributed by atoms with Gasteiger partial charge >= 0.3 is 0 Å². The summed E-state index contributed by atoms with van der Waals surface area (Å²) in [4.78, 5) is 23.0. The van der Waals surface area contributed by atoms with Gasteiger partial charge in [0.25, 0.3) is 0 Å². The third kappa shape index (κ3) is 1.20. The molecule has 0 aromatic heterocycles. The van der Waals surface area contributed by atoms with E-state index in [1.165, 1.54) is 0 Å². The van der Waals surface area contributed by atoms with E-state index in [1.54, 1.807) is 6.92 Å². The SMILES string of the molecule is C[C@H]1NC(=O)C2(CCCC2)NC1=O. The molecule has 1 aliphatic heterocycles. The fourth-order valence-electron chi connectivity index (χ4n) is 2.13. The van der Waals surface area contributed by atoms with Gasteiger partial charge in [0.05, 0.1) is 0 Å². The molecule has 13 heavy (non-hydrogen) atoms. The van der Waals surface area contributed by atoms with Crippen LogP contribution in [0.15, 0.2) is 0 Å². The highest BCUT2D eigenvalue weighted by atomic mass is 16.2. The zero-order valence-electron chi connectivity index (χ0n) is 7.72. The lowest BCUT2D eigenvalue weighted by atomic mass is 9.93. The molecule has 0 radical (unpaired) electrons. The molecule has 1 heterocycles. The van der Waals surface area contributed by atoms with Crippen LogP contribution in [0.2, 0.25) is 0 Å². The van der Waals surface area contributed by atoms with Gasteiger partial charge in [-0.25, -0.2) is 0 Å². The Morgan fingerprint density at radius 3 is 2.54 bits per heavy atom. The maximum atomic E-state index is 11.6. The molecular weight excluding hydrogens is 168 g/mol. The molecule has 0 aromatic carbocycles. The van der Waals surface area contributed by atoms with Crippen molar-refractivity contribution in [1.82, 2.24) is 10.6 Å². The minimum Gasteiger partial charge on any atom is -0.343 e. The molecule has 1 aliphatic carbocycles. The van der Waals surface area contributed by atoms with Crippen molar-refractivity contribution < 1.29 is 9.59 Å². The Morgan fingerprint density at radius 1 is 1.31 bits per heavy atom. The highest BCUT2D eigenvalue weighted by molar-refractivity contribution is 5.99. The lowest BCUT2D eigenvalue weighted by Crippen LogP contribution is -2.67. The Morgan fingerprint density at radius 2 is 1.92 bits per heavy atom. The van der Waals surface area contributed by atoms with Gasteiger partial charge in [-0.2, -0.15) is 0 Å². The van der Waals surface area contributed by atoms with Crippen molar-refractivity contribution in [3.05, 3.63) is 0 Å². The lowest BCUT2D eigenvalue weighted by Gasteiger charge is -2.36. The van der Waals surface area contributed by atoms with Gasteiger partial charge in [0.2, 0.25) is 11.8 Å². The first-order valence-corrected chi connectivity index (χ1v) is 4.77. The van der Waals surface area contributed by atoms with Crippen LogP contribution in [0.4, 0.5) is 0 Å². The maximum absolute atomic E-state index is 11.6. The molecule has 2 rings (SSSR count). The zero-order valence-corrected chi connectivity index (χ0v) is 7.72. The molecule has 0 bridgehead atoms. The Hall–Kier alpha value is -1.06. The van der Waals surface area contributed by atoms with Crippen LogP contribution in [0.3, 0.4) is 0 Å². The third-order valence-corrected chi connectivity index (χ3v) is 3.00. The van der Waals surface area contributed by atoms with Gasteiger partial charge in [-0.15, -0.1) is 0 Å². The molecule has 2 amide bonds. The van der Waals surface area contributed by atoms with Crippen LogP contribution in [-0.2, 0) is 9.59 Å². The number of carbonyl (C=O) groups is 2. The molecule has 1 atom stereocenters. The molecular formula is C9H14N2O2. The third-order valence-electron chi connectivity index (χ3n) is 3.00. The monoisotopic (exact) mass is 182 g/mol. The summed E-state index contributed by atoms with van der Waals surface area (Å²) in [6.45, 7) is 1.70. The number of piperazine rings is 1. The van der Waals surface area contributed by atoms with Crippen molar-refractivity contribution in [1.29, 1.82) is 0 Å². The molecule has 1 saturated heterocycles. The fraction of sp³-hybridized carbons (Fsp3) is 0.778. The van der Waals surface area contributed by atoms with Crippen molar-refractivity contribution in [2.24, 2.45) is 0 Å². The number of amides is 2. The van der Waals surface area contributed by atoms with Crippen LogP contribution in [0.5, 0.6) is 0 Å². The van der Waals surface area contributed by atoms with Gasteiger partial charge in [-0.05, 0) is 19.8 Å². The fourth-order valence-corrected chi connectivity index (χ4v) is 2.13. The van der Waals surface area contributed by atoms with Crippen molar-refractivity contribution >= 4 is 11.8 Å². The number of carbonyl (C=O) groups excluding carboxylic acids is 2. The highest BCUT2D eigenvalue weighted by Crippen LogP contribution is 2.31. The van der Waals surface area contributed by atoms with Crippen molar-refractivity contribution in [3.63, 3.8) is 0 Å². The Kier molecular flexibility index (Phi) is 1.78. The minimum absolute atomic E-state index is 0.00269. The van der Waals surface area contributed by atoms with E-state index in [-0.39, 0.29) is 17.9 Å². The summed E-state index contributed by atoms with van der Waals surface area (Å²) in [6.07, 6.45) is 3.64. The summed E-state index contributed by atoms with van der Waals surface area (Å²) in [5.74, 6) is -0.0569. The second kappa shape index (κ2) is 2.72. The van der Waals surface area contributed by atoms with E-state index >= 15 is 0 Å². The number of hydrogen-bond acceptors (Lipinski definition) is 2. The van der Waals surface area contributed by atoms with Gasteiger partial charge in [0.15, 0.2) is 0 Å². The van der Waals surface area contributed by atoms with E-state index in [0.717, 1.165) is 25.7 Å². The Bertz CT molecular complexity index is 256. The normalized spacial score (nSPS) is 31.6. The predicted octanol–water partition coefficient (Wildman–Crippen LogP) is -0.0663. The Balaban J connectivity index is 2.20. The Labute approximate surface area is 77.1 Å². The lowest BCUT2D eigenvalue weighted by molar-refractivity contribution is -0.141. The van der Waals surface area contributed by atoms with Crippen LogP contribution in [0, 0.1) is 0 Å². The summed E-state index contributed by atoms with van der Waals surface area (Å²) in [5, 5.41) is 5.55. The van der Waals surface area contributed by atoms with Crippen LogP contribution in [0.25, 0.3) is 0 Å². The second-order valence-corrected chi connectivity index (χ2v) is 3.97. The van der Waals surface area contributed by atoms with Crippen LogP contribution >= 0.6 is 0 Å².